The molecule has 2 atom stereocenters. The third-order valence-corrected chi connectivity index (χ3v) is 10.5. The van der Waals surface area contributed by atoms with Gasteiger partial charge in [0.25, 0.3) is 0 Å². The van der Waals surface area contributed by atoms with Crippen LogP contribution in [0, 0.1) is 0 Å². The lowest BCUT2D eigenvalue weighted by molar-refractivity contribution is -0.161. The Morgan fingerprint density at radius 3 is 1.26 bits per heavy atom. The van der Waals surface area contributed by atoms with Crippen LogP contribution >= 0.6 is 7.82 Å². The van der Waals surface area contributed by atoms with Gasteiger partial charge in [0.05, 0.1) is 13.2 Å². The highest BCUT2D eigenvalue weighted by molar-refractivity contribution is 7.47. The number of esters is 2. The highest BCUT2D eigenvalue weighted by Gasteiger charge is 2.26. The molecular formula is C55H88NO8P. The van der Waals surface area contributed by atoms with Crippen LogP contribution in [0.3, 0.4) is 0 Å². The minimum atomic E-state index is -4.38. The Morgan fingerprint density at radius 2 is 0.846 bits per heavy atom. The number of allylic oxidation sites excluding steroid dienone is 22. The average Bonchev–Trinajstić information content (AvgIpc) is 3.30. The number of carbonyl (C=O) groups excluding carboxylic acids is 2. The monoisotopic (exact) mass is 922 g/mol. The number of nitrogens with two attached hydrogens (primary N) is 1. The predicted molar refractivity (Wildman–Crippen MR) is 274 cm³/mol. The molecule has 0 aromatic rings. The quantitative estimate of drug-likeness (QED) is 0.0265. The van der Waals surface area contributed by atoms with Gasteiger partial charge in [0.2, 0.25) is 0 Å². The number of hydrogen-bond acceptors (Lipinski definition) is 8. The number of phosphoric ester groups is 1. The van der Waals surface area contributed by atoms with Crippen LogP contribution in [0.4, 0.5) is 0 Å². The van der Waals surface area contributed by atoms with E-state index in [0.717, 1.165) is 135 Å². The molecule has 9 nitrogen and oxygen atoms in total. The highest BCUT2D eigenvalue weighted by Crippen LogP contribution is 2.43. The van der Waals surface area contributed by atoms with Crippen LogP contribution in [0.15, 0.2) is 134 Å². The van der Waals surface area contributed by atoms with Crippen LogP contribution in [-0.2, 0) is 32.7 Å². The molecule has 0 aliphatic rings. The molecule has 0 aliphatic heterocycles. The molecule has 0 saturated carbocycles. The van der Waals surface area contributed by atoms with Gasteiger partial charge in [-0.05, 0) is 96.3 Å². The van der Waals surface area contributed by atoms with Gasteiger partial charge in [-0.2, -0.15) is 0 Å². The zero-order valence-corrected chi connectivity index (χ0v) is 41.3. The fraction of sp³-hybridized carbons (Fsp3) is 0.564. The summed E-state index contributed by atoms with van der Waals surface area (Å²) in [6, 6.07) is 0. The lowest BCUT2D eigenvalue weighted by Gasteiger charge is -2.19. The lowest BCUT2D eigenvalue weighted by Crippen LogP contribution is -2.29. The van der Waals surface area contributed by atoms with Gasteiger partial charge < -0.3 is 20.1 Å². The molecule has 0 aromatic heterocycles. The van der Waals surface area contributed by atoms with Crippen LogP contribution in [0.25, 0.3) is 0 Å². The molecule has 0 spiro atoms. The Balaban J connectivity index is 3.96. The summed E-state index contributed by atoms with van der Waals surface area (Å²) in [5.74, 6) is -0.878. The maximum atomic E-state index is 12.5. The molecule has 65 heavy (non-hydrogen) atoms. The minimum absolute atomic E-state index is 0.0435. The SMILES string of the molecule is CC/C=C\C/C=C\C/C=C\C/C=C\C/C=C\C/C=C\C/C=C\C/C=C\C/C=C\C/C=C\C/C=C\CCCCCCCC(=O)OC(COC(=O)CCCCCCC)COP(=O)(O)OCCN. The fourth-order valence-electron chi connectivity index (χ4n) is 5.93. The van der Waals surface area contributed by atoms with Crippen LogP contribution in [0.1, 0.15) is 168 Å². The number of carbonyl (C=O) groups is 2. The van der Waals surface area contributed by atoms with Crippen molar-refractivity contribution in [2.75, 3.05) is 26.4 Å². The van der Waals surface area contributed by atoms with E-state index in [2.05, 4.69) is 148 Å². The van der Waals surface area contributed by atoms with E-state index in [4.69, 9.17) is 24.3 Å². The summed E-state index contributed by atoms with van der Waals surface area (Å²) in [5.41, 5.74) is 5.33. The van der Waals surface area contributed by atoms with Crippen LogP contribution in [-0.4, -0.2) is 49.3 Å². The van der Waals surface area contributed by atoms with E-state index in [0.29, 0.717) is 6.42 Å². The Hall–Kier alpha value is -3.85. The second-order valence-corrected chi connectivity index (χ2v) is 17.1. The molecule has 0 fully saturated rings. The molecule has 366 valence electrons. The molecule has 0 bridgehead atoms. The molecule has 0 rings (SSSR count). The van der Waals surface area contributed by atoms with E-state index in [1.54, 1.807) is 0 Å². The number of phosphoric acid groups is 1. The van der Waals surface area contributed by atoms with Crippen molar-refractivity contribution in [1.82, 2.24) is 0 Å². The van der Waals surface area contributed by atoms with Crippen molar-refractivity contribution < 1.29 is 37.6 Å². The average molecular weight is 922 g/mol. The van der Waals surface area contributed by atoms with Crippen molar-refractivity contribution in [1.29, 1.82) is 0 Å². The second-order valence-electron chi connectivity index (χ2n) is 15.6. The Bertz CT molecular complexity index is 1520. The maximum Gasteiger partial charge on any atom is 0.472 e. The first-order valence-electron chi connectivity index (χ1n) is 24.7. The summed E-state index contributed by atoms with van der Waals surface area (Å²) in [4.78, 5) is 34.5. The standard InChI is InChI=1S/C55H88NO8P/c1-3-5-7-9-10-11-12-13-14-15-16-17-18-19-20-21-22-23-24-25-26-27-28-29-30-31-32-33-34-35-36-37-38-39-40-41-42-44-46-48-55(58)64-53(52-63-65(59,60)62-50-49-56)51-61-54(57)47-45-43-8-6-4-2/h5,7,10-11,13-14,16-17,19-20,22-23,25-26,28-29,31-32,34-35,37-38,53H,3-4,6,8-9,12,15,18,21,24,27,30,33,36,39-52,56H2,1-2H3,(H,59,60)/b7-5-,11-10-,14-13-,17-16-,20-19-,23-22-,26-25-,29-28-,32-31-,35-34-,38-37-. The van der Waals surface area contributed by atoms with Crippen LogP contribution < -0.4 is 5.73 Å². The topological polar surface area (TPSA) is 134 Å². The lowest BCUT2D eigenvalue weighted by atomic mass is 10.1. The summed E-state index contributed by atoms with van der Waals surface area (Å²) >= 11 is 0. The van der Waals surface area contributed by atoms with Gasteiger partial charge in [0.1, 0.15) is 6.61 Å². The second kappa shape index (κ2) is 49.6. The third kappa shape index (κ3) is 49.4. The van der Waals surface area contributed by atoms with Crippen LogP contribution in [0.2, 0.25) is 0 Å². The Morgan fingerprint density at radius 1 is 0.477 bits per heavy atom. The van der Waals surface area contributed by atoms with Gasteiger partial charge in [0.15, 0.2) is 6.10 Å². The van der Waals surface area contributed by atoms with Crippen molar-refractivity contribution in [2.24, 2.45) is 5.73 Å². The molecule has 3 N–H and O–H groups in total. The summed E-state index contributed by atoms with van der Waals surface area (Å²) in [6.45, 7) is 3.46. The number of rotatable bonds is 44. The van der Waals surface area contributed by atoms with Gasteiger partial charge in [-0.1, -0.05) is 192 Å². The summed E-state index contributed by atoms with van der Waals surface area (Å²) < 4.78 is 32.5. The third-order valence-electron chi connectivity index (χ3n) is 9.55. The van der Waals surface area contributed by atoms with Gasteiger partial charge in [-0.25, -0.2) is 4.57 Å². The first-order chi connectivity index (χ1) is 31.8. The number of ether oxygens (including phenoxy) is 2. The van der Waals surface area contributed by atoms with Gasteiger partial charge in [0, 0.05) is 19.4 Å². The smallest absolute Gasteiger partial charge is 0.462 e. The molecular weight excluding hydrogens is 834 g/mol. The predicted octanol–water partition coefficient (Wildman–Crippen LogP) is 15.1. The van der Waals surface area contributed by atoms with E-state index in [-0.39, 0.29) is 32.6 Å². The van der Waals surface area contributed by atoms with E-state index in [9.17, 15) is 19.0 Å². The molecule has 0 saturated heterocycles. The Labute approximate surface area is 395 Å². The van der Waals surface area contributed by atoms with Gasteiger partial charge in [-0.3, -0.25) is 18.6 Å². The zero-order chi connectivity index (χ0) is 47.4. The van der Waals surface area contributed by atoms with Crippen molar-refractivity contribution in [3.8, 4) is 0 Å². The minimum Gasteiger partial charge on any atom is -0.462 e. The van der Waals surface area contributed by atoms with E-state index < -0.39 is 32.5 Å². The highest BCUT2D eigenvalue weighted by atomic mass is 31.2. The molecule has 10 heteroatoms. The Kier molecular flexibility index (Phi) is 46.6. The fourth-order valence-corrected chi connectivity index (χ4v) is 6.70. The van der Waals surface area contributed by atoms with Crippen molar-refractivity contribution in [3.05, 3.63) is 134 Å². The van der Waals surface area contributed by atoms with Crippen molar-refractivity contribution in [2.45, 2.75) is 174 Å². The molecule has 0 aliphatic carbocycles. The van der Waals surface area contributed by atoms with Crippen molar-refractivity contribution >= 4 is 19.8 Å². The molecule has 0 amide bonds. The van der Waals surface area contributed by atoms with E-state index >= 15 is 0 Å². The van der Waals surface area contributed by atoms with Gasteiger partial charge in [-0.15, -0.1) is 0 Å². The summed E-state index contributed by atoms with van der Waals surface area (Å²) in [5, 5.41) is 0. The van der Waals surface area contributed by atoms with Gasteiger partial charge >= 0.3 is 19.8 Å². The number of unbranched alkanes of at least 4 members (excludes halogenated alkanes) is 9. The first-order valence-corrected chi connectivity index (χ1v) is 26.2. The molecule has 2 unspecified atom stereocenters. The maximum absolute atomic E-state index is 12.5. The van der Waals surface area contributed by atoms with Crippen molar-refractivity contribution in [3.63, 3.8) is 0 Å². The largest absolute Gasteiger partial charge is 0.472 e. The number of hydrogen-bond donors (Lipinski definition) is 2. The summed E-state index contributed by atoms with van der Waals surface area (Å²) in [6.07, 6.45) is 69.9. The van der Waals surface area contributed by atoms with E-state index in [1.165, 1.54) is 0 Å². The van der Waals surface area contributed by atoms with Crippen LogP contribution in [0.5, 0.6) is 0 Å². The molecule has 0 radical (unpaired) electrons. The normalized spacial score (nSPS) is 14.3. The first kappa shape index (κ1) is 61.1. The summed E-state index contributed by atoms with van der Waals surface area (Å²) in [7, 11) is -4.38. The van der Waals surface area contributed by atoms with E-state index in [1.807, 2.05) is 0 Å². The zero-order valence-electron chi connectivity index (χ0n) is 40.4. The molecule has 0 aromatic carbocycles. The molecule has 0 heterocycles.